The number of hydrogen-bond acceptors (Lipinski definition) is 4. The van der Waals surface area contributed by atoms with Crippen molar-refractivity contribution in [2.24, 2.45) is 5.73 Å². The van der Waals surface area contributed by atoms with Crippen molar-refractivity contribution < 1.29 is 23.2 Å². The van der Waals surface area contributed by atoms with E-state index in [1.165, 1.54) is 0 Å². The van der Waals surface area contributed by atoms with Crippen LogP contribution in [0.15, 0.2) is 24.3 Å². The SMILES string of the molecule is CC1(N)C=CC=CC1.O=[PH](O)O[PH](=O)O. The van der Waals surface area contributed by atoms with Gasteiger partial charge >= 0.3 is 16.5 Å². The normalized spacial score (nSPS) is 27.7. The smallest absolute Gasteiger partial charge is 0.323 e. The van der Waals surface area contributed by atoms with Gasteiger partial charge in [-0.3, -0.25) is 9.13 Å². The van der Waals surface area contributed by atoms with Gasteiger partial charge in [-0.15, -0.1) is 0 Å². The first-order valence-corrected chi connectivity index (χ1v) is 6.63. The van der Waals surface area contributed by atoms with E-state index in [1.807, 2.05) is 25.2 Å². The molecule has 3 atom stereocenters. The summed E-state index contributed by atoms with van der Waals surface area (Å²) in [5.41, 5.74) is 5.65. The lowest BCUT2D eigenvalue weighted by Gasteiger charge is -2.19. The number of hydrogen-bond donors (Lipinski definition) is 3. The highest BCUT2D eigenvalue weighted by Crippen LogP contribution is 2.30. The van der Waals surface area contributed by atoms with E-state index in [4.69, 9.17) is 15.5 Å². The van der Waals surface area contributed by atoms with Crippen LogP contribution in [0.25, 0.3) is 0 Å². The fourth-order valence-corrected chi connectivity index (χ4v) is 1.42. The van der Waals surface area contributed by atoms with Crippen molar-refractivity contribution in [3.8, 4) is 0 Å². The third-order valence-corrected chi connectivity index (χ3v) is 2.85. The van der Waals surface area contributed by atoms with Gasteiger partial charge in [-0.1, -0.05) is 24.3 Å². The monoisotopic (exact) mass is 255 g/mol. The largest absolute Gasteiger partial charge is 0.326 e. The Hall–Kier alpha value is -0.220. The Morgan fingerprint density at radius 3 is 2.00 bits per heavy atom. The van der Waals surface area contributed by atoms with Gasteiger partial charge < -0.3 is 15.5 Å². The van der Waals surface area contributed by atoms with Gasteiger partial charge in [-0.25, -0.2) is 4.31 Å². The topological polar surface area (TPSA) is 110 Å². The molecule has 0 saturated heterocycles. The summed E-state index contributed by atoms with van der Waals surface area (Å²) >= 11 is 0. The van der Waals surface area contributed by atoms with Gasteiger partial charge in [0.1, 0.15) is 0 Å². The molecule has 1 aliphatic carbocycles. The Kier molecular flexibility index (Phi) is 7.02. The molecule has 6 nitrogen and oxygen atoms in total. The number of allylic oxidation sites excluding steroid dienone is 2. The molecule has 0 radical (unpaired) electrons. The average Bonchev–Trinajstić information content (AvgIpc) is 2.01. The minimum atomic E-state index is -3.20. The maximum Gasteiger partial charge on any atom is 0.323 e. The summed E-state index contributed by atoms with van der Waals surface area (Å²) in [5.74, 6) is 0. The Balaban J connectivity index is 0.000000265. The van der Waals surface area contributed by atoms with Crippen molar-refractivity contribution in [2.45, 2.75) is 18.9 Å². The Bertz CT molecular complexity index is 288. The second-order valence-corrected chi connectivity index (χ2v) is 5.01. The second kappa shape index (κ2) is 7.12. The molecule has 1 rings (SSSR count). The van der Waals surface area contributed by atoms with Gasteiger partial charge in [0.05, 0.1) is 0 Å². The van der Waals surface area contributed by atoms with E-state index < -0.39 is 16.5 Å². The summed E-state index contributed by atoms with van der Waals surface area (Å²) in [6.45, 7) is 2.02. The third-order valence-electron chi connectivity index (χ3n) is 1.46. The lowest BCUT2D eigenvalue weighted by molar-refractivity contribution is 0.371. The zero-order chi connectivity index (χ0) is 11.9. The minimum Gasteiger partial charge on any atom is -0.326 e. The van der Waals surface area contributed by atoms with Gasteiger partial charge in [0.15, 0.2) is 0 Å². The molecule has 0 fully saturated rings. The molecular weight excluding hydrogens is 240 g/mol. The molecule has 15 heavy (non-hydrogen) atoms. The Labute approximate surface area is 89.3 Å². The lowest BCUT2D eigenvalue weighted by atomic mass is 9.95. The van der Waals surface area contributed by atoms with Crippen LogP contribution in [-0.2, 0) is 13.4 Å². The molecule has 0 aromatic heterocycles. The summed E-state index contributed by atoms with van der Waals surface area (Å²) in [5, 5.41) is 0. The summed E-state index contributed by atoms with van der Waals surface area (Å²) in [6, 6.07) is 0. The Morgan fingerprint density at radius 2 is 1.87 bits per heavy atom. The van der Waals surface area contributed by atoms with Gasteiger partial charge in [0.2, 0.25) is 0 Å². The average molecular weight is 255 g/mol. The first-order chi connectivity index (χ1) is 6.83. The standard InChI is InChI=1S/C7H11N.H4O5P2/c1-7(8)5-3-2-4-6-7;1-6(2)5-7(3)4/h2-5H,6,8H2,1H3;6-7H,(H,1,2)(H,3,4). The highest BCUT2D eigenvalue weighted by molar-refractivity contribution is 7.46. The first-order valence-electron chi connectivity index (χ1n) is 4.10. The van der Waals surface area contributed by atoms with Crippen molar-refractivity contribution >= 4 is 16.5 Å². The fourth-order valence-electron chi connectivity index (χ4n) is 0.819. The van der Waals surface area contributed by atoms with Gasteiger partial charge in [0.25, 0.3) is 0 Å². The Morgan fingerprint density at radius 1 is 1.33 bits per heavy atom. The van der Waals surface area contributed by atoms with E-state index in [9.17, 15) is 9.13 Å². The molecule has 0 aliphatic heterocycles. The van der Waals surface area contributed by atoms with Gasteiger partial charge in [-0.2, -0.15) is 0 Å². The van der Waals surface area contributed by atoms with E-state index in [1.54, 1.807) is 0 Å². The van der Waals surface area contributed by atoms with Gasteiger partial charge in [-0.05, 0) is 13.3 Å². The van der Waals surface area contributed by atoms with Crippen molar-refractivity contribution in [3.05, 3.63) is 24.3 Å². The van der Waals surface area contributed by atoms with E-state index in [0.29, 0.717) is 0 Å². The molecular formula is C7H15NO5P2. The van der Waals surface area contributed by atoms with Crippen LogP contribution in [-0.4, -0.2) is 15.3 Å². The molecule has 8 heteroatoms. The summed E-state index contributed by atoms with van der Waals surface area (Å²) in [6.07, 6.45) is 9.08. The molecule has 0 spiro atoms. The van der Waals surface area contributed by atoms with E-state index in [0.717, 1.165) is 6.42 Å². The van der Waals surface area contributed by atoms with Crippen LogP contribution in [0.1, 0.15) is 13.3 Å². The van der Waals surface area contributed by atoms with Crippen LogP contribution in [0, 0.1) is 0 Å². The molecule has 0 aromatic carbocycles. The molecule has 0 heterocycles. The fraction of sp³-hybridized carbons (Fsp3) is 0.429. The van der Waals surface area contributed by atoms with Crippen molar-refractivity contribution in [3.63, 3.8) is 0 Å². The second-order valence-electron chi connectivity index (χ2n) is 3.13. The molecule has 0 aromatic rings. The van der Waals surface area contributed by atoms with Crippen LogP contribution in [0.3, 0.4) is 0 Å². The summed E-state index contributed by atoms with van der Waals surface area (Å²) in [4.78, 5) is 15.4. The lowest BCUT2D eigenvalue weighted by Crippen LogP contribution is -2.33. The van der Waals surface area contributed by atoms with Crippen LogP contribution < -0.4 is 5.73 Å². The summed E-state index contributed by atoms with van der Waals surface area (Å²) in [7, 11) is -6.40. The molecule has 0 amide bonds. The van der Waals surface area contributed by atoms with Gasteiger partial charge in [0, 0.05) is 5.54 Å². The molecule has 88 valence electrons. The zero-order valence-corrected chi connectivity index (χ0v) is 10.2. The van der Waals surface area contributed by atoms with Crippen LogP contribution in [0.2, 0.25) is 0 Å². The van der Waals surface area contributed by atoms with Crippen molar-refractivity contribution in [1.82, 2.24) is 0 Å². The number of nitrogens with two attached hydrogens (primary N) is 1. The van der Waals surface area contributed by atoms with Crippen LogP contribution in [0.5, 0.6) is 0 Å². The quantitative estimate of drug-likeness (QED) is 0.634. The highest BCUT2D eigenvalue weighted by Gasteiger charge is 2.12. The first kappa shape index (κ1) is 14.8. The third kappa shape index (κ3) is 10.1. The predicted octanol–water partition coefficient (Wildman–Crippen LogP) is 0.987. The van der Waals surface area contributed by atoms with E-state index in [2.05, 4.69) is 10.4 Å². The predicted molar refractivity (Wildman–Crippen MR) is 59.0 cm³/mol. The van der Waals surface area contributed by atoms with Crippen LogP contribution in [0.4, 0.5) is 0 Å². The van der Waals surface area contributed by atoms with Crippen molar-refractivity contribution in [2.75, 3.05) is 0 Å². The maximum absolute atomic E-state index is 9.44. The zero-order valence-electron chi connectivity index (χ0n) is 8.21. The minimum absolute atomic E-state index is 0.0885. The van der Waals surface area contributed by atoms with E-state index in [-0.39, 0.29) is 5.54 Å². The van der Waals surface area contributed by atoms with Crippen molar-refractivity contribution in [1.29, 1.82) is 0 Å². The maximum atomic E-state index is 9.44. The molecule has 4 N–H and O–H groups in total. The molecule has 0 saturated carbocycles. The van der Waals surface area contributed by atoms with E-state index >= 15 is 0 Å². The molecule has 3 unspecified atom stereocenters. The number of rotatable bonds is 2. The molecule has 1 aliphatic rings. The highest BCUT2D eigenvalue weighted by atomic mass is 31.2. The van der Waals surface area contributed by atoms with Crippen LogP contribution >= 0.6 is 16.5 Å². The summed E-state index contributed by atoms with van der Waals surface area (Å²) < 4.78 is 22.3. The molecule has 0 bridgehead atoms.